The first-order chi connectivity index (χ1) is 6.38. The molecule has 0 saturated heterocycles. The normalized spacial score (nSPS) is 11.8. The number of hydrogen-bond acceptors (Lipinski definition) is 2. The largest absolute Gasteiger partial charge is 0.417 e. The molecule has 0 aromatic heterocycles. The molecule has 0 aliphatic carbocycles. The van der Waals surface area contributed by atoms with Crippen LogP contribution in [0.5, 0.6) is 0 Å². The number of nitrogen functional groups attached to an aromatic ring is 1. The molecule has 0 saturated carbocycles. The van der Waals surface area contributed by atoms with Gasteiger partial charge >= 0.3 is 6.18 Å². The average molecular weight is 270 g/mol. The van der Waals surface area contributed by atoms with Crippen molar-refractivity contribution in [3.63, 3.8) is 0 Å². The van der Waals surface area contributed by atoms with Crippen molar-refractivity contribution in [3.8, 4) is 0 Å². The van der Waals surface area contributed by atoms with Crippen molar-refractivity contribution in [2.24, 2.45) is 0 Å². The zero-order valence-electron chi connectivity index (χ0n) is 6.90. The number of aliphatic hydroxyl groups is 1. The van der Waals surface area contributed by atoms with Crippen molar-refractivity contribution >= 4 is 21.6 Å². The Morgan fingerprint density at radius 2 is 1.93 bits per heavy atom. The molecule has 3 N–H and O–H groups in total. The number of anilines is 1. The molecule has 78 valence electrons. The Kier molecular flexibility index (Phi) is 3.06. The van der Waals surface area contributed by atoms with Crippen molar-refractivity contribution < 1.29 is 18.3 Å². The van der Waals surface area contributed by atoms with E-state index in [1.807, 2.05) is 0 Å². The molecule has 6 heteroatoms. The Balaban J connectivity index is 3.44. The summed E-state index contributed by atoms with van der Waals surface area (Å²) in [5.41, 5.74) is 4.19. The van der Waals surface area contributed by atoms with E-state index in [2.05, 4.69) is 15.9 Å². The SMILES string of the molecule is Nc1ccc(CO)c(C(F)(F)F)c1Br. The van der Waals surface area contributed by atoms with Crippen LogP contribution in [0.25, 0.3) is 0 Å². The number of alkyl halides is 3. The fourth-order valence-corrected chi connectivity index (χ4v) is 1.68. The first-order valence-electron chi connectivity index (χ1n) is 3.63. The molecule has 0 fully saturated rings. The topological polar surface area (TPSA) is 46.2 Å². The van der Waals surface area contributed by atoms with Gasteiger partial charge in [0.2, 0.25) is 0 Å². The summed E-state index contributed by atoms with van der Waals surface area (Å²) in [5.74, 6) is 0. The van der Waals surface area contributed by atoms with Crippen LogP contribution in [-0.4, -0.2) is 5.11 Å². The van der Waals surface area contributed by atoms with Gasteiger partial charge in [-0.3, -0.25) is 0 Å². The minimum atomic E-state index is -4.52. The van der Waals surface area contributed by atoms with Crippen molar-refractivity contribution in [2.75, 3.05) is 5.73 Å². The van der Waals surface area contributed by atoms with E-state index in [9.17, 15) is 13.2 Å². The van der Waals surface area contributed by atoms with Gasteiger partial charge in [0.1, 0.15) is 0 Å². The lowest BCUT2D eigenvalue weighted by Gasteiger charge is -2.14. The molecule has 0 aliphatic rings. The quantitative estimate of drug-likeness (QED) is 0.770. The first-order valence-corrected chi connectivity index (χ1v) is 4.42. The van der Waals surface area contributed by atoms with Crippen LogP contribution >= 0.6 is 15.9 Å². The number of nitrogens with two attached hydrogens (primary N) is 1. The van der Waals surface area contributed by atoms with Gasteiger partial charge in [-0.05, 0) is 27.6 Å². The third-order valence-electron chi connectivity index (χ3n) is 1.71. The van der Waals surface area contributed by atoms with E-state index in [1.165, 1.54) is 6.07 Å². The van der Waals surface area contributed by atoms with Gasteiger partial charge in [-0.15, -0.1) is 0 Å². The molecule has 0 radical (unpaired) electrons. The highest BCUT2D eigenvalue weighted by atomic mass is 79.9. The summed E-state index contributed by atoms with van der Waals surface area (Å²) in [7, 11) is 0. The fraction of sp³-hybridized carbons (Fsp3) is 0.250. The van der Waals surface area contributed by atoms with Crippen LogP contribution in [0, 0.1) is 0 Å². The van der Waals surface area contributed by atoms with Crippen molar-refractivity contribution in [2.45, 2.75) is 12.8 Å². The van der Waals surface area contributed by atoms with Gasteiger partial charge in [-0.25, -0.2) is 0 Å². The minimum absolute atomic E-state index is 0.00507. The predicted octanol–water partition coefficient (Wildman–Crippen LogP) is 2.54. The van der Waals surface area contributed by atoms with Gasteiger partial charge in [0.25, 0.3) is 0 Å². The highest BCUT2D eigenvalue weighted by molar-refractivity contribution is 9.10. The molecule has 1 rings (SSSR count). The molecule has 0 amide bonds. The van der Waals surface area contributed by atoms with Crippen LogP contribution in [0.15, 0.2) is 16.6 Å². The average Bonchev–Trinajstić information content (AvgIpc) is 2.07. The Hall–Kier alpha value is -0.750. The minimum Gasteiger partial charge on any atom is -0.398 e. The number of rotatable bonds is 1. The van der Waals surface area contributed by atoms with Gasteiger partial charge in [0.15, 0.2) is 0 Å². The molecule has 1 aromatic rings. The Morgan fingerprint density at radius 1 is 1.36 bits per heavy atom. The Morgan fingerprint density at radius 3 is 2.36 bits per heavy atom. The second-order valence-corrected chi connectivity index (χ2v) is 3.45. The summed E-state index contributed by atoms with van der Waals surface area (Å²) in [4.78, 5) is 0. The van der Waals surface area contributed by atoms with E-state index < -0.39 is 18.3 Å². The second kappa shape index (κ2) is 3.78. The van der Waals surface area contributed by atoms with Crippen molar-refractivity contribution in [3.05, 3.63) is 27.7 Å². The van der Waals surface area contributed by atoms with E-state index in [1.54, 1.807) is 0 Å². The maximum Gasteiger partial charge on any atom is 0.417 e. The maximum absolute atomic E-state index is 12.5. The summed E-state index contributed by atoms with van der Waals surface area (Å²) >= 11 is 2.75. The van der Waals surface area contributed by atoms with E-state index in [0.29, 0.717) is 0 Å². The van der Waals surface area contributed by atoms with Crippen LogP contribution in [-0.2, 0) is 12.8 Å². The van der Waals surface area contributed by atoms with E-state index in [0.717, 1.165) is 6.07 Å². The molecular weight excluding hydrogens is 263 g/mol. The zero-order valence-corrected chi connectivity index (χ0v) is 8.48. The smallest absolute Gasteiger partial charge is 0.398 e. The third-order valence-corrected chi connectivity index (χ3v) is 2.57. The second-order valence-electron chi connectivity index (χ2n) is 2.66. The molecule has 0 atom stereocenters. The molecule has 14 heavy (non-hydrogen) atoms. The van der Waals surface area contributed by atoms with Crippen LogP contribution < -0.4 is 5.73 Å². The van der Waals surface area contributed by atoms with E-state index >= 15 is 0 Å². The lowest BCUT2D eigenvalue weighted by atomic mass is 10.1. The fourth-order valence-electron chi connectivity index (χ4n) is 1.07. The summed E-state index contributed by atoms with van der Waals surface area (Å²) < 4.78 is 37.2. The van der Waals surface area contributed by atoms with Crippen molar-refractivity contribution in [1.29, 1.82) is 0 Å². The molecule has 0 heterocycles. The summed E-state index contributed by atoms with van der Waals surface area (Å²) in [6.07, 6.45) is -4.52. The van der Waals surface area contributed by atoms with Gasteiger partial charge in [-0.1, -0.05) is 6.07 Å². The van der Waals surface area contributed by atoms with Crippen LogP contribution in [0.2, 0.25) is 0 Å². The number of hydrogen-bond donors (Lipinski definition) is 2. The van der Waals surface area contributed by atoms with Gasteiger partial charge in [0.05, 0.1) is 16.6 Å². The van der Waals surface area contributed by atoms with E-state index in [4.69, 9.17) is 10.8 Å². The summed E-state index contributed by atoms with van der Waals surface area (Å²) in [5, 5.41) is 8.74. The molecule has 0 bridgehead atoms. The standard InChI is InChI=1S/C8H7BrF3NO/c9-7-5(13)2-1-4(3-14)6(7)8(10,11)12/h1-2,14H,3,13H2. The number of benzene rings is 1. The molecule has 0 spiro atoms. The highest BCUT2D eigenvalue weighted by Gasteiger charge is 2.36. The Bertz CT molecular complexity index is 351. The maximum atomic E-state index is 12.5. The Labute approximate surface area is 86.7 Å². The zero-order chi connectivity index (χ0) is 10.9. The molecule has 0 aliphatic heterocycles. The third kappa shape index (κ3) is 2.01. The highest BCUT2D eigenvalue weighted by Crippen LogP contribution is 2.39. The molecule has 2 nitrogen and oxygen atoms in total. The molecule has 0 unspecified atom stereocenters. The summed E-state index contributed by atoms with van der Waals surface area (Å²) in [6.45, 7) is -0.673. The van der Waals surface area contributed by atoms with E-state index in [-0.39, 0.29) is 15.7 Å². The van der Waals surface area contributed by atoms with Crippen LogP contribution in [0.1, 0.15) is 11.1 Å². The van der Waals surface area contributed by atoms with Gasteiger partial charge in [-0.2, -0.15) is 13.2 Å². The van der Waals surface area contributed by atoms with Gasteiger partial charge < -0.3 is 10.8 Å². The first kappa shape index (κ1) is 11.3. The van der Waals surface area contributed by atoms with Crippen LogP contribution in [0.4, 0.5) is 18.9 Å². The van der Waals surface area contributed by atoms with Gasteiger partial charge in [0, 0.05) is 5.69 Å². The van der Waals surface area contributed by atoms with Crippen LogP contribution in [0.3, 0.4) is 0 Å². The molecular formula is C8H7BrF3NO. The summed E-state index contributed by atoms with van der Waals surface area (Å²) in [6, 6.07) is 2.47. The lowest BCUT2D eigenvalue weighted by molar-refractivity contribution is -0.139. The monoisotopic (exact) mass is 269 g/mol. The number of halogens is 4. The predicted molar refractivity (Wildman–Crippen MR) is 49.5 cm³/mol. The van der Waals surface area contributed by atoms with Crippen molar-refractivity contribution in [1.82, 2.24) is 0 Å². The lowest BCUT2D eigenvalue weighted by Crippen LogP contribution is -2.11. The number of aliphatic hydroxyl groups excluding tert-OH is 1. The molecule has 1 aromatic carbocycles.